The van der Waals surface area contributed by atoms with Crippen LogP contribution in [-0.4, -0.2) is 40.5 Å². The molecule has 3 nitrogen and oxygen atoms in total. The molecular formula is C17H28BrNO2. The second kappa shape index (κ2) is 11.2. The van der Waals surface area contributed by atoms with Crippen LogP contribution in [0.15, 0.2) is 28.7 Å². The summed E-state index contributed by atoms with van der Waals surface area (Å²) in [6.07, 6.45) is 2.19. The largest absolute Gasteiger partial charge is 0.385 e. The maximum Gasteiger partial charge on any atom is 0.0587 e. The number of ether oxygens (including phenoxy) is 2. The van der Waals surface area contributed by atoms with Gasteiger partial charge in [0.1, 0.15) is 0 Å². The summed E-state index contributed by atoms with van der Waals surface area (Å²) < 4.78 is 11.5. The molecule has 21 heavy (non-hydrogen) atoms. The minimum absolute atomic E-state index is 0.603. The molecule has 0 fully saturated rings. The molecule has 1 aromatic rings. The number of benzene rings is 1. The first kappa shape index (κ1) is 18.6. The maximum absolute atomic E-state index is 5.23. The number of rotatable bonds is 11. The predicted octanol–water partition coefficient (Wildman–Crippen LogP) is 3.52. The van der Waals surface area contributed by atoms with Crippen molar-refractivity contribution in [1.82, 2.24) is 5.32 Å². The molecule has 0 saturated carbocycles. The third-order valence-electron chi connectivity index (χ3n) is 3.86. The van der Waals surface area contributed by atoms with E-state index in [-0.39, 0.29) is 0 Å². The van der Waals surface area contributed by atoms with Gasteiger partial charge in [-0.2, -0.15) is 0 Å². The Balaban J connectivity index is 2.57. The Bertz CT molecular complexity index is 387. The highest BCUT2D eigenvalue weighted by Gasteiger charge is 2.17. The first-order valence-corrected chi connectivity index (χ1v) is 8.39. The Morgan fingerprint density at radius 1 is 1.19 bits per heavy atom. The molecule has 0 bridgehead atoms. The van der Waals surface area contributed by atoms with Gasteiger partial charge in [-0.15, -0.1) is 0 Å². The van der Waals surface area contributed by atoms with Crippen molar-refractivity contribution in [2.75, 3.05) is 40.5 Å². The first-order valence-electron chi connectivity index (χ1n) is 7.60. The van der Waals surface area contributed by atoms with E-state index in [2.05, 4.69) is 52.4 Å². The number of nitrogens with one attached hydrogen (secondary N) is 1. The van der Waals surface area contributed by atoms with Crippen LogP contribution in [0.25, 0.3) is 0 Å². The number of hydrogen-bond acceptors (Lipinski definition) is 3. The zero-order valence-electron chi connectivity index (χ0n) is 13.4. The van der Waals surface area contributed by atoms with Crippen LogP contribution in [0.3, 0.4) is 0 Å². The van der Waals surface area contributed by atoms with Crippen LogP contribution >= 0.6 is 15.9 Å². The molecular weight excluding hydrogens is 330 g/mol. The van der Waals surface area contributed by atoms with Gasteiger partial charge in [0.05, 0.1) is 6.61 Å². The molecule has 0 aliphatic rings. The lowest BCUT2D eigenvalue weighted by Gasteiger charge is -2.24. The summed E-state index contributed by atoms with van der Waals surface area (Å²) in [5.74, 6) is 1.23. The molecule has 1 N–H and O–H groups in total. The fourth-order valence-corrected chi connectivity index (χ4v) is 2.89. The van der Waals surface area contributed by atoms with Crippen LogP contribution in [0.1, 0.15) is 18.9 Å². The van der Waals surface area contributed by atoms with Crippen molar-refractivity contribution in [1.29, 1.82) is 0 Å². The Morgan fingerprint density at radius 3 is 2.62 bits per heavy atom. The number of hydrogen-bond donors (Lipinski definition) is 1. The van der Waals surface area contributed by atoms with E-state index in [9.17, 15) is 0 Å². The van der Waals surface area contributed by atoms with Gasteiger partial charge in [-0.25, -0.2) is 0 Å². The molecule has 0 spiro atoms. The standard InChI is InChI=1S/C17H28BrNO2/c1-14(7-9-20-2)16(13-19-8-10-21-3)11-15-5-4-6-17(18)12-15/h4-6,12,14,16,19H,7-11,13H2,1-3H3. The summed E-state index contributed by atoms with van der Waals surface area (Å²) in [4.78, 5) is 0. The zero-order chi connectivity index (χ0) is 15.5. The van der Waals surface area contributed by atoms with Crippen LogP contribution in [0.4, 0.5) is 0 Å². The normalized spacial score (nSPS) is 14.1. The minimum Gasteiger partial charge on any atom is -0.385 e. The lowest BCUT2D eigenvalue weighted by Crippen LogP contribution is -2.31. The highest BCUT2D eigenvalue weighted by atomic mass is 79.9. The van der Waals surface area contributed by atoms with Crippen molar-refractivity contribution >= 4 is 15.9 Å². The van der Waals surface area contributed by atoms with Crippen LogP contribution in [0.2, 0.25) is 0 Å². The van der Waals surface area contributed by atoms with Crippen LogP contribution in [-0.2, 0) is 15.9 Å². The lowest BCUT2D eigenvalue weighted by molar-refractivity contribution is 0.161. The van der Waals surface area contributed by atoms with Crippen molar-refractivity contribution in [2.24, 2.45) is 11.8 Å². The molecule has 0 amide bonds. The molecule has 2 atom stereocenters. The van der Waals surface area contributed by atoms with Gasteiger partial charge in [-0.1, -0.05) is 35.0 Å². The lowest BCUT2D eigenvalue weighted by atomic mass is 9.86. The highest BCUT2D eigenvalue weighted by molar-refractivity contribution is 9.10. The second-order valence-electron chi connectivity index (χ2n) is 5.55. The topological polar surface area (TPSA) is 30.5 Å². The fraction of sp³-hybridized carbons (Fsp3) is 0.647. The zero-order valence-corrected chi connectivity index (χ0v) is 15.0. The van der Waals surface area contributed by atoms with E-state index in [1.54, 1.807) is 14.2 Å². The molecule has 1 aromatic carbocycles. The van der Waals surface area contributed by atoms with Crippen LogP contribution < -0.4 is 5.32 Å². The monoisotopic (exact) mass is 357 g/mol. The van der Waals surface area contributed by atoms with Gasteiger partial charge in [-0.3, -0.25) is 0 Å². The van der Waals surface area contributed by atoms with Gasteiger partial charge < -0.3 is 14.8 Å². The summed E-state index contributed by atoms with van der Waals surface area (Å²) in [7, 11) is 3.51. The summed E-state index contributed by atoms with van der Waals surface area (Å²) in [6, 6.07) is 8.60. The smallest absolute Gasteiger partial charge is 0.0587 e. The maximum atomic E-state index is 5.23. The number of methoxy groups -OCH3 is 2. The van der Waals surface area contributed by atoms with E-state index in [1.165, 1.54) is 5.56 Å². The van der Waals surface area contributed by atoms with Crippen molar-refractivity contribution in [2.45, 2.75) is 19.8 Å². The van der Waals surface area contributed by atoms with Gasteiger partial charge in [-0.05, 0) is 48.9 Å². The molecule has 0 aromatic heterocycles. The molecule has 4 heteroatoms. The van der Waals surface area contributed by atoms with E-state index in [0.717, 1.165) is 43.6 Å². The second-order valence-corrected chi connectivity index (χ2v) is 6.47. The Labute approximate surface area is 137 Å². The Hall–Kier alpha value is -0.420. The molecule has 0 heterocycles. The molecule has 2 unspecified atom stereocenters. The van der Waals surface area contributed by atoms with Gasteiger partial charge in [0.25, 0.3) is 0 Å². The third-order valence-corrected chi connectivity index (χ3v) is 4.35. The summed E-state index contributed by atoms with van der Waals surface area (Å²) in [6.45, 7) is 5.83. The van der Waals surface area contributed by atoms with Gasteiger partial charge in [0.2, 0.25) is 0 Å². The van der Waals surface area contributed by atoms with Crippen molar-refractivity contribution < 1.29 is 9.47 Å². The van der Waals surface area contributed by atoms with Gasteiger partial charge in [0.15, 0.2) is 0 Å². The van der Waals surface area contributed by atoms with Crippen LogP contribution in [0.5, 0.6) is 0 Å². The summed E-state index contributed by atoms with van der Waals surface area (Å²) in [5, 5.41) is 3.50. The van der Waals surface area contributed by atoms with Crippen molar-refractivity contribution in [3.05, 3.63) is 34.3 Å². The minimum atomic E-state index is 0.603. The first-order chi connectivity index (χ1) is 10.2. The molecule has 0 aliphatic carbocycles. The van der Waals surface area contributed by atoms with E-state index in [1.807, 2.05) is 0 Å². The SMILES string of the molecule is COCCNCC(Cc1cccc(Br)c1)C(C)CCOC. The average molecular weight is 358 g/mol. The molecule has 0 aliphatic heterocycles. The molecule has 1 rings (SSSR count). The highest BCUT2D eigenvalue weighted by Crippen LogP contribution is 2.22. The summed E-state index contributed by atoms with van der Waals surface area (Å²) >= 11 is 3.55. The van der Waals surface area contributed by atoms with Gasteiger partial charge in [0, 0.05) is 31.8 Å². The van der Waals surface area contributed by atoms with Gasteiger partial charge >= 0.3 is 0 Å². The number of halogens is 1. The molecule has 0 radical (unpaired) electrons. The average Bonchev–Trinajstić information content (AvgIpc) is 2.48. The Kier molecular flexibility index (Phi) is 9.92. The predicted molar refractivity (Wildman–Crippen MR) is 91.7 cm³/mol. The fourth-order valence-electron chi connectivity index (χ4n) is 2.44. The molecule has 120 valence electrons. The van der Waals surface area contributed by atoms with E-state index in [0.29, 0.717) is 11.8 Å². The quantitative estimate of drug-likeness (QED) is 0.614. The van der Waals surface area contributed by atoms with Crippen molar-refractivity contribution in [3.63, 3.8) is 0 Å². The van der Waals surface area contributed by atoms with E-state index < -0.39 is 0 Å². The molecule has 0 saturated heterocycles. The van der Waals surface area contributed by atoms with E-state index >= 15 is 0 Å². The third kappa shape index (κ3) is 7.96. The summed E-state index contributed by atoms with van der Waals surface area (Å²) in [5.41, 5.74) is 1.38. The Morgan fingerprint density at radius 2 is 1.95 bits per heavy atom. The van der Waals surface area contributed by atoms with Crippen LogP contribution in [0, 0.1) is 11.8 Å². The van der Waals surface area contributed by atoms with Crippen molar-refractivity contribution in [3.8, 4) is 0 Å². The van der Waals surface area contributed by atoms with E-state index in [4.69, 9.17) is 9.47 Å².